The van der Waals surface area contributed by atoms with E-state index >= 15 is 0 Å². The quantitative estimate of drug-likeness (QED) is 0.811. The molecule has 1 saturated heterocycles. The molecule has 2 rings (SSSR count). The Kier molecular flexibility index (Phi) is 5.71. The van der Waals surface area contributed by atoms with E-state index in [9.17, 15) is 4.79 Å². The van der Waals surface area contributed by atoms with Crippen LogP contribution in [0, 0.1) is 0 Å². The Morgan fingerprint density at radius 2 is 1.81 bits per heavy atom. The Morgan fingerprint density at radius 1 is 1.19 bits per heavy atom. The highest BCUT2D eigenvalue weighted by Crippen LogP contribution is 2.31. The first-order chi connectivity index (χ1) is 10.2. The largest absolute Gasteiger partial charge is 0.319 e. The zero-order valence-electron chi connectivity index (χ0n) is 13.4. The van der Waals surface area contributed by atoms with Crippen molar-refractivity contribution in [3.05, 3.63) is 29.8 Å². The summed E-state index contributed by atoms with van der Waals surface area (Å²) in [7, 11) is 0. The van der Waals surface area contributed by atoms with Crippen LogP contribution >= 0.6 is 11.8 Å². The number of amides is 1. The normalized spacial score (nSPS) is 22.3. The predicted molar refractivity (Wildman–Crippen MR) is 89.4 cm³/mol. The fourth-order valence-electron chi connectivity index (χ4n) is 3.06. The second-order valence-corrected chi connectivity index (χ2v) is 6.40. The first-order valence-electron chi connectivity index (χ1n) is 7.88. The molecule has 1 N–H and O–H groups in total. The number of nitrogens with zero attached hydrogens (tertiary/aromatic N) is 1. The van der Waals surface area contributed by atoms with Crippen LogP contribution in [0.25, 0.3) is 0 Å². The molecule has 1 amide bonds. The van der Waals surface area contributed by atoms with Crippen molar-refractivity contribution in [3.8, 4) is 0 Å². The van der Waals surface area contributed by atoms with Gasteiger partial charge in [0.1, 0.15) is 6.17 Å². The summed E-state index contributed by atoms with van der Waals surface area (Å²) in [6.07, 6.45) is 4.94. The van der Waals surface area contributed by atoms with E-state index in [1.165, 1.54) is 10.5 Å². The van der Waals surface area contributed by atoms with E-state index < -0.39 is 0 Å². The van der Waals surface area contributed by atoms with Gasteiger partial charge in [0.05, 0.1) is 6.04 Å². The van der Waals surface area contributed by atoms with Crippen molar-refractivity contribution in [2.45, 2.75) is 63.2 Å². The van der Waals surface area contributed by atoms with Crippen LogP contribution in [0.1, 0.15) is 51.8 Å². The number of benzene rings is 1. The molecule has 0 bridgehead atoms. The maximum absolute atomic E-state index is 12.7. The van der Waals surface area contributed by atoms with E-state index in [1.54, 1.807) is 11.8 Å². The van der Waals surface area contributed by atoms with Gasteiger partial charge in [-0.25, -0.2) is 0 Å². The van der Waals surface area contributed by atoms with E-state index in [0.29, 0.717) is 6.04 Å². The molecule has 1 fully saturated rings. The molecule has 1 aromatic rings. The minimum atomic E-state index is -0.0455. The topological polar surface area (TPSA) is 32.3 Å². The predicted octanol–water partition coefficient (Wildman–Crippen LogP) is 3.81. The molecule has 4 heteroatoms. The molecular weight excluding hydrogens is 280 g/mol. The van der Waals surface area contributed by atoms with Crippen LogP contribution in [0.5, 0.6) is 0 Å². The summed E-state index contributed by atoms with van der Waals surface area (Å²) in [5.41, 5.74) is 1.18. The molecular formula is C17H26N2OS. The highest BCUT2D eigenvalue weighted by Gasteiger charge is 2.41. The summed E-state index contributed by atoms with van der Waals surface area (Å²) in [6, 6.07) is 8.82. The van der Waals surface area contributed by atoms with Crippen LogP contribution in [-0.2, 0) is 4.79 Å². The molecule has 0 spiro atoms. The summed E-state index contributed by atoms with van der Waals surface area (Å²) in [6.45, 7) is 6.39. The van der Waals surface area contributed by atoms with E-state index in [2.05, 4.69) is 61.5 Å². The number of hydrogen-bond acceptors (Lipinski definition) is 3. The van der Waals surface area contributed by atoms with E-state index in [-0.39, 0.29) is 18.1 Å². The van der Waals surface area contributed by atoms with Gasteiger partial charge in [-0.05, 0) is 43.2 Å². The Balaban J connectivity index is 2.31. The molecule has 1 aliphatic heterocycles. The van der Waals surface area contributed by atoms with Gasteiger partial charge in [-0.1, -0.05) is 32.9 Å². The molecule has 0 saturated carbocycles. The lowest BCUT2D eigenvalue weighted by Gasteiger charge is -2.32. The lowest BCUT2D eigenvalue weighted by atomic mass is 10.1. The Bertz CT molecular complexity index is 470. The van der Waals surface area contributed by atoms with Gasteiger partial charge in [0.2, 0.25) is 5.91 Å². The summed E-state index contributed by atoms with van der Waals surface area (Å²) in [4.78, 5) is 16.0. The van der Waals surface area contributed by atoms with Gasteiger partial charge >= 0.3 is 0 Å². The van der Waals surface area contributed by atoms with E-state index in [1.807, 2.05) is 0 Å². The Labute approximate surface area is 132 Å². The first-order valence-corrected chi connectivity index (χ1v) is 9.10. The Hall–Kier alpha value is -1.00. The van der Waals surface area contributed by atoms with Gasteiger partial charge in [-0.2, -0.15) is 0 Å². The molecule has 116 valence electrons. The third-order valence-corrected chi connectivity index (χ3v) is 5.11. The van der Waals surface area contributed by atoms with Crippen molar-refractivity contribution in [2.24, 2.45) is 0 Å². The molecule has 3 nitrogen and oxygen atoms in total. The highest BCUT2D eigenvalue weighted by molar-refractivity contribution is 7.98. The molecule has 1 heterocycles. The maximum atomic E-state index is 12.7. The van der Waals surface area contributed by atoms with Gasteiger partial charge in [0.25, 0.3) is 0 Å². The lowest BCUT2D eigenvalue weighted by Crippen LogP contribution is -2.39. The van der Waals surface area contributed by atoms with E-state index in [4.69, 9.17) is 0 Å². The lowest BCUT2D eigenvalue weighted by molar-refractivity contribution is -0.132. The van der Waals surface area contributed by atoms with Gasteiger partial charge in [-0.15, -0.1) is 11.8 Å². The van der Waals surface area contributed by atoms with Crippen molar-refractivity contribution in [2.75, 3.05) is 6.26 Å². The number of thioether (sulfide) groups is 1. The molecule has 21 heavy (non-hydrogen) atoms. The van der Waals surface area contributed by atoms with Gasteiger partial charge in [0.15, 0.2) is 0 Å². The zero-order chi connectivity index (χ0) is 15.4. The third-order valence-electron chi connectivity index (χ3n) is 4.37. The van der Waals surface area contributed by atoms with Crippen LogP contribution in [0.15, 0.2) is 29.2 Å². The van der Waals surface area contributed by atoms with Crippen LogP contribution in [-0.4, -0.2) is 29.1 Å². The van der Waals surface area contributed by atoms with Gasteiger partial charge in [0, 0.05) is 10.9 Å². The average Bonchev–Trinajstić information content (AvgIpc) is 2.86. The fourth-order valence-corrected chi connectivity index (χ4v) is 3.47. The molecule has 1 aliphatic rings. The van der Waals surface area contributed by atoms with Crippen molar-refractivity contribution >= 4 is 17.7 Å². The molecule has 2 unspecified atom stereocenters. The number of nitrogens with one attached hydrogen (secondary N) is 1. The number of hydrogen-bond donors (Lipinski definition) is 1. The van der Waals surface area contributed by atoms with Crippen molar-refractivity contribution in [3.63, 3.8) is 0 Å². The second-order valence-electron chi connectivity index (χ2n) is 5.52. The molecule has 0 aliphatic carbocycles. The average molecular weight is 306 g/mol. The second kappa shape index (κ2) is 7.32. The van der Waals surface area contributed by atoms with Gasteiger partial charge in [-0.3, -0.25) is 10.1 Å². The van der Waals surface area contributed by atoms with Crippen LogP contribution in [0.4, 0.5) is 0 Å². The molecule has 1 aromatic carbocycles. The number of rotatable bonds is 6. The fraction of sp³-hybridized carbons (Fsp3) is 0.588. The first kappa shape index (κ1) is 16.4. The van der Waals surface area contributed by atoms with Gasteiger partial charge < -0.3 is 4.90 Å². The zero-order valence-corrected chi connectivity index (χ0v) is 14.2. The minimum absolute atomic E-state index is 0.0169. The molecule has 2 atom stereocenters. The number of carbonyl (C=O) groups excluding carboxylic acids is 1. The van der Waals surface area contributed by atoms with Crippen molar-refractivity contribution in [1.82, 2.24) is 10.2 Å². The van der Waals surface area contributed by atoms with Crippen molar-refractivity contribution in [1.29, 1.82) is 0 Å². The SMILES string of the molecule is CCC1NC(c2ccc(SC)cc2)N(C(CC)CC)C1=O. The molecule has 0 aromatic heterocycles. The minimum Gasteiger partial charge on any atom is -0.319 e. The van der Waals surface area contributed by atoms with Crippen LogP contribution < -0.4 is 5.32 Å². The highest BCUT2D eigenvalue weighted by atomic mass is 32.2. The summed E-state index contributed by atoms with van der Waals surface area (Å²) in [5, 5.41) is 3.51. The smallest absolute Gasteiger partial charge is 0.241 e. The standard InChI is InChI=1S/C17H26N2OS/c1-5-13(6-2)19-16(18-15(7-3)17(19)20)12-8-10-14(21-4)11-9-12/h8-11,13,15-16,18H,5-7H2,1-4H3. The van der Waals surface area contributed by atoms with E-state index in [0.717, 1.165) is 19.3 Å². The number of carbonyl (C=O) groups is 1. The summed E-state index contributed by atoms with van der Waals surface area (Å²) < 4.78 is 0. The monoisotopic (exact) mass is 306 g/mol. The summed E-state index contributed by atoms with van der Waals surface area (Å²) in [5.74, 6) is 0.255. The maximum Gasteiger partial charge on any atom is 0.241 e. The third kappa shape index (κ3) is 3.27. The Morgan fingerprint density at radius 3 is 2.29 bits per heavy atom. The van der Waals surface area contributed by atoms with Crippen LogP contribution in [0.3, 0.4) is 0 Å². The van der Waals surface area contributed by atoms with Crippen molar-refractivity contribution < 1.29 is 4.79 Å². The molecule has 0 radical (unpaired) electrons. The summed E-state index contributed by atoms with van der Waals surface area (Å²) >= 11 is 1.74. The van der Waals surface area contributed by atoms with Crippen LogP contribution in [0.2, 0.25) is 0 Å².